The highest BCUT2D eigenvalue weighted by Crippen LogP contribution is 2.03. The molecule has 0 aliphatic carbocycles. The van der Waals surface area contributed by atoms with Crippen molar-refractivity contribution in [3.63, 3.8) is 0 Å². The Hall–Kier alpha value is -4.08. The molecule has 0 fully saturated rings. The quantitative estimate of drug-likeness (QED) is 0.250. The second-order valence-corrected chi connectivity index (χ2v) is 6.69. The Balaban J connectivity index is 1.67. The highest BCUT2D eigenvalue weighted by atomic mass is 16.6. The van der Waals surface area contributed by atoms with Crippen molar-refractivity contribution in [1.29, 1.82) is 0 Å². The number of ether oxygens (including phenoxy) is 2. The maximum atomic E-state index is 11.9. The van der Waals surface area contributed by atoms with Gasteiger partial charge in [0.1, 0.15) is 19.3 Å². The molecular weight excluding hydrogens is 416 g/mol. The number of carboxylic acids is 1. The van der Waals surface area contributed by atoms with Crippen LogP contribution < -0.4 is 16.4 Å². The molecule has 10 nitrogen and oxygen atoms in total. The van der Waals surface area contributed by atoms with Crippen LogP contribution in [0.4, 0.5) is 9.59 Å². The number of carboxylic acid groups (broad SMARTS) is 1. The molecule has 2 amide bonds. The van der Waals surface area contributed by atoms with E-state index in [-0.39, 0.29) is 32.1 Å². The van der Waals surface area contributed by atoms with Crippen LogP contribution in [0.25, 0.3) is 0 Å². The van der Waals surface area contributed by atoms with Crippen LogP contribution in [0.15, 0.2) is 65.7 Å². The summed E-state index contributed by atoms with van der Waals surface area (Å²) < 4.78 is 10.1. The van der Waals surface area contributed by atoms with Gasteiger partial charge in [0, 0.05) is 6.54 Å². The van der Waals surface area contributed by atoms with Crippen molar-refractivity contribution < 1.29 is 29.0 Å². The second kappa shape index (κ2) is 13.3. The zero-order chi connectivity index (χ0) is 23.2. The zero-order valence-electron chi connectivity index (χ0n) is 17.4. The first-order valence-electron chi connectivity index (χ1n) is 9.91. The lowest BCUT2D eigenvalue weighted by molar-refractivity contribution is -0.139. The lowest BCUT2D eigenvalue weighted by Gasteiger charge is -2.14. The molecule has 2 rings (SSSR count). The van der Waals surface area contributed by atoms with E-state index in [1.165, 1.54) is 0 Å². The summed E-state index contributed by atoms with van der Waals surface area (Å²) in [5.41, 5.74) is 7.24. The van der Waals surface area contributed by atoms with Crippen LogP contribution in [-0.4, -0.2) is 41.8 Å². The molecule has 0 heterocycles. The monoisotopic (exact) mass is 442 g/mol. The molecule has 170 valence electrons. The summed E-state index contributed by atoms with van der Waals surface area (Å²) in [4.78, 5) is 38.9. The van der Waals surface area contributed by atoms with Gasteiger partial charge in [-0.2, -0.15) is 0 Å². The third-order valence-electron chi connectivity index (χ3n) is 4.18. The van der Waals surface area contributed by atoms with Crippen molar-refractivity contribution in [1.82, 2.24) is 10.6 Å². The van der Waals surface area contributed by atoms with Crippen molar-refractivity contribution in [2.75, 3.05) is 6.54 Å². The first-order valence-corrected chi connectivity index (χ1v) is 9.91. The van der Waals surface area contributed by atoms with Crippen molar-refractivity contribution in [3.05, 3.63) is 71.8 Å². The van der Waals surface area contributed by atoms with E-state index in [4.69, 9.17) is 15.2 Å². The summed E-state index contributed by atoms with van der Waals surface area (Å²) in [6.45, 7) is 0.271. The van der Waals surface area contributed by atoms with E-state index in [1.807, 2.05) is 36.4 Å². The van der Waals surface area contributed by atoms with Crippen LogP contribution in [0.5, 0.6) is 0 Å². The third kappa shape index (κ3) is 9.61. The summed E-state index contributed by atoms with van der Waals surface area (Å²) in [7, 11) is 0. The van der Waals surface area contributed by atoms with Gasteiger partial charge in [-0.25, -0.2) is 14.4 Å². The number of amides is 2. The standard InChI is InChI=1S/C22H26N4O6/c23-20(26-22(30)32-15-17-10-5-2-6-11-17)24-13-7-12-18(19(27)28)25-21(29)31-14-16-8-3-1-4-9-16/h1-6,8-11,18H,7,12-15H2,(H,25,29)(H,27,28)(H3,23,24,26,30). The summed E-state index contributed by atoms with van der Waals surface area (Å²) in [5.74, 6) is -1.34. The number of hydrogen-bond acceptors (Lipinski definition) is 6. The predicted octanol–water partition coefficient (Wildman–Crippen LogP) is 2.39. The molecule has 1 unspecified atom stereocenters. The van der Waals surface area contributed by atoms with Crippen LogP contribution >= 0.6 is 0 Å². The Kier molecular flexibility index (Phi) is 10.0. The van der Waals surface area contributed by atoms with E-state index >= 15 is 0 Å². The maximum Gasteiger partial charge on any atom is 0.414 e. The molecule has 0 radical (unpaired) electrons. The van der Waals surface area contributed by atoms with Crippen LogP contribution in [0.1, 0.15) is 24.0 Å². The fourth-order valence-corrected chi connectivity index (χ4v) is 2.56. The molecular formula is C22H26N4O6. The fourth-order valence-electron chi connectivity index (χ4n) is 2.56. The average Bonchev–Trinajstić information content (AvgIpc) is 2.79. The molecule has 5 N–H and O–H groups in total. The molecule has 2 aromatic carbocycles. The SMILES string of the molecule is NC(=NCCCC(NC(=O)OCc1ccccc1)C(=O)O)NC(=O)OCc1ccccc1. The Bertz CT molecular complexity index is 905. The van der Waals surface area contributed by atoms with E-state index < -0.39 is 24.2 Å². The smallest absolute Gasteiger partial charge is 0.414 e. The number of guanidine groups is 1. The number of rotatable bonds is 10. The van der Waals surface area contributed by atoms with Gasteiger partial charge in [-0.05, 0) is 24.0 Å². The molecule has 0 saturated heterocycles. The number of hydrogen-bond donors (Lipinski definition) is 4. The van der Waals surface area contributed by atoms with Gasteiger partial charge in [0.05, 0.1) is 0 Å². The molecule has 0 aliphatic heterocycles. The van der Waals surface area contributed by atoms with Crippen molar-refractivity contribution in [3.8, 4) is 0 Å². The number of aliphatic carboxylic acids is 1. The number of nitrogens with two attached hydrogens (primary N) is 1. The molecule has 0 saturated carbocycles. The van der Waals surface area contributed by atoms with Crippen molar-refractivity contribution in [2.24, 2.45) is 10.7 Å². The second-order valence-electron chi connectivity index (χ2n) is 6.69. The van der Waals surface area contributed by atoms with E-state index in [2.05, 4.69) is 15.6 Å². The highest BCUT2D eigenvalue weighted by molar-refractivity contribution is 5.92. The maximum absolute atomic E-state index is 11.9. The number of alkyl carbamates (subject to hydrolysis) is 2. The normalized spacial score (nSPS) is 11.8. The van der Waals surface area contributed by atoms with E-state index in [0.717, 1.165) is 11.1 Å². The van der Waals surface area contributed by atoms with E-state index in [9.17, 15) is 19.5 Å². The van der Waals surface area contributed by atoms with Crippen LogP contribution in [-0.2, 0) is 27.5 Å². The van der Waals surface area contributed by atoms with Gasteiger partial charge in [-0.3, -0.25) is 10.3 Å². The van der Waals surface area contributed by atoms with E-state index in [1.54, 1.807) is 24.3 Å². The number of benzene rings is 2. The molecule has 2 aromatic rings. The van der Waals surface area contributed by atoms with Crippen molar-refractivity contribution >= 4 is 24.1 Å². The Morgan fingerprint density at radius 1 is 0.906 bits per heavy atom. The summed E-state index contributed by atoms with van der Waals surface area (Å²) in [5, 5.41) is 13.9. The zero-order valence-corrected chi connectivity index (χ0v) is 17.4. The van der Waals surface area contributed by atoms with Crippen LogP contribution in [0, 0.1) is 0 Å². The highest BCUT2D eigenvalue weighted by Gasteiger charge is 2.20. The molecule has 10 heteroatoms. The molecule has 0 spiro atoms. The lowest BCUT2D eigenvalue weighted by atomic mass is 10.1. The van der Waals surface area contributed by atoms with Gasteiger partial charge in [0.2, 0.25) is 0 Å². The van der Waals surface area contributed by atoms with Crippen LogP contribution in [0.3, 0.4) is 0 Å². The van der Waals surface area contributed by atoms with Gasteiger partial charge in [0.15, 0.2) is 5.96 Å². The number of carbonyl (C=O) groups is 3. The molecule has 0 aromatic heterocycles. The number of nitrogens with one attached hydrogen (secondary N) is 2. The molecule has 1 atom stereocenters. The minimum absolute atomic E-state index is 0.0336. The molecule has 0 aliphatic rings. The summed E-state index contributed by atoms with van der Waals surface area (Å²) in [6.07, 6.45) is -1.17. The number of carbonyl (C=O) groups excluding carboxylic acids is 2. The topological polar surface area (TPSA) is 152 Å². The lowest BCUT2D eigenvalue weighted by Crippen LogP contribution is -2.41. The average molecular weight is 442 g/mol. The molecule has 0 bridgehead atoms. The van der Waals surface area contributed by atoms with Gasteiger partial charge in [0.25, 0.3) is 0 Å². The predicted molar refractivity (Wildman–Crippen MR) is 117 cm³/mol. The Morgan fingerprint density at radius 3 is 1.97 bits per heavy atom. The van der Waals surface area contributed by atoms with Gasteiger partial charge >= 0.3 is 18.2 Å². The first-order chi connectivity index (χ1) is 15.4. The third-order valence-corrected chi connectivity index (χ3v) is 4.18. The van der Waals surface area contributed by atoms with Gasteiger partial charge in [-0.15, -0.1) is 0 Å². The number of aliphatic imine (C=N–C) groups is 1. The fraction of sp³-hybridized carbons (Fsp3) is 0.273. The molecule has 32 heavy (non-hydrogen) atoms. The minimum atomic E-state index is -1.19. The minimum Gasteiger partial charge on any atom is -0.480 e. The summed E-state index contributed by atoms with van der Waals surface area (Å²) in [6, 6.07) is 17.0. The van der Waals surface area contributed by atoms with Gasteiger partial charge < -0.3 is 25.6 Å². The van der Waals surface area contributed by atoms with Crippen LogP contribution in [0.2, 0.25) is 0 Å². The first kappa shape index (κ1) is 24.2. The van der Waals surface area contributed by atoms with E-state index in [0.29, 0.717) is 6.42 Å². The number of nitrogens with zero attached hydrogens (tertiary/aromatic N) is 1. The largest absolute Gasteiger partial charge is 0.480 e. The van der Waals surface area contributed by atoms with Gasteiger partial charge in [-0.1, -0.05) is 60.7 Å². The Labute approximate surface area is 185 Å². The summed E-state index contributed by atoms with van der Waals surface area (Å²) >= 11 is 0. The van der Waals surface area contributed by atoms with Crippen molar-refractivity contribution in [2.45, 2.75) is 32.1 Å². The Morgan fingerprint density at radius 2 is 1.44 bits per heavy atom.